The van der Waals surface area contributed by atoms with Gasteiger partial charge in [0.1, 0.15) is 17.1 Å². The van der Waals surface area contributed by atoms with Crippen LogP contribution in [0.1, 0.15) is 43.8 Å². The molecule has 1 atom stereocenters. The number of hydrogen-bond donors (Lipinski definition) is 2. The number of hydrazine groups is 1. The first-order valence-electron chi connectivity index (χ1n) is 10.5. The fourth-order valence-corrected chi connectivity index (χ4v) is 4.52. The number of carbonyl (C=O) groups is 2. The molecule has 0 saturated carbocycles. The topological polar surface area (TPSA) is 86.0 Å². The van der Waals surface area contributed by atoms with Crippen molar-refractivity contribution >= 4 is 17.5 Å². The van der Waals surface area contributed by atoms with Crippen LogP contribution < -0.4 is 5.32 Å². The smallest absolute Gasteiger partial charge is 0.451 e. The van der Waals surface area contributed by atoms with Crippen LogP contribution in [-0.4, -0.2) is 38.5 Å². The fourth-order valence-electron chi connectivity index (χ4n) is 4.52. The summed E-state index contributed by atoms with van der Waals surface area (Å²) in [6, 6.07) is 9.50. The molecule has 1 saturated heterocycles. The number of alkyl halides is 3. The number of hydrogen-bond acceptors (Lipinski definition) is 5. The van der Waals surface area contributed by atoms with Gasteiger partial charge in [0.05, 0.1) is 18.3 Å². The second-order valence-corrected chi connectivity index (χ2v) is 8.87. The molecule has 176 valence electrons. The third-order valence-electron chi connectivity index (χ3n) is 5.99. The molecule has 0 radical (unpaired) electrons. The molecule has 1 aromatic carbocycles. The Morgan fingerprint density at radius 1 is 1.27 bits per heavy atom. The van der Waals surface area contributed by atoms with Crippen molar-refractivity contribution in [3.63, 3.8) is 0 Å². The maximum absolute atomic E-state index is 13.4. The molecule has 2 aliphatic rings. The van der Waals surface area contributed by atoms with Gasteiger partial charge in [0.15, 0.2) is 0 Å². The van der Waals surface area contributed by atoms with Crippen molar-refractivity contribution in [2.45, 2.75) is 57.9 Å². The first kappa shape index (κ1) is 22.9. The van der Waals surface area contributed by atoms with Crippen molar-refractivity contribution < 1.29 is 32.3 Å². The minimum absolute atomic E-state index is 0.0554. The predicted molar refractivity (Wildman–Crippen MR) is 113 cm³/mol. The SMILES string of the molecule is Cc1cc(NC(=O)C2=C(O)C3CCC(C)(C)N3N(Cc3ccccc3)C2=O)c(C(F)(F)F)o1. The van der Waals surface area contributed by atoms with Crippen molar-refractivity contribution in [3.05, 3.63) is 64.8 Å². The number of furan rings is 1. The molecule has 2 N–H and O–H groups in total. The number of aryl methyl sites for hydroxylation is 1. The number of anilines is 1. The van der Waals surface area contributed by atoms with Crippen molar-refractivity contribution in [2.75, 3.05) is 5.32 Å². The molecule has 1 unspecified atom stereocenters. The molecule has 10 heteroatoms. The quantitative estimate of drug-likeness (QED) is 0.650. The number of nitrogens with one attached hydrogen (secondary N) is 1. The molecule has 33 heavy (non-hydrogen) atoms. The van der Waals surface area contributed by atoms with Crippen LogP contribution in [0.3, 0.4) is 0 Å². The maximum atomic E-state index is 13.4. The Morgan fingerprint density at radius 2 is 1.94 bits per heavy atom. The highest BCUT2D eigenvalue weighted by Crippen LogP contribution is 2.43. The fraction of sp³-hybridized carbons (Fsp3) is 0.391. The minimum atomic E-state index is -4.84. The predicted octanol–water partition coefficient (Wildman–Crippen LogP) is 4.56. The van der Waals surface area contributed by atoms with Crippen LogP contribution in [0.5, 0.6) is 0 Å². The number of carbonyl (C=O) groups excluding carboxylic acids is 2. The number of benzene rings is 1. The number of amides is 2. The van der Waals surface area contributed by atoms with Gasteiger partial charge in [-0.3, -0.25) is 14.6 Å². The van der Waals surface area contributed by atoms with Crippen LogP contribution in [0.15, 0.2) is 52.1 Å². The molecule has 1 aromatic heterocycles. The Kier molecular flexibility index (Phi) is 5.52. The summed E-state index contributed by atoms with van der Waals surface area (Å²) in [6.07, 6.45) is -3.71. The standard InChI is InChI=1S/C23H24F3N3O4/c1-13-11-15(19(33-13)23(24,25)26)27-20(31)17-18(30)16-9-10-22(2,3)29(16)28(21(17)32)12-14-7-5-4-6-8-14/h4-8,11,16,30H,9-10,12H2,1-3H3,(H,27,31). The third-order valence-corrected chi connectivity index (χ3v) is 5.99. The lowest BCUT2D eigenvalue weighted by molar-refractivity contribution is -0.165. The summed E-state index contributed by atoms with van der Waals surface area (Å²) in [6.45, 7) is 5.32. The van der Waals surface area contributed by atoms with E-state index in [0.29, 0.717) is 12.8 Å². The highest BCUT2D eigenvalue weighted by Gasteiger charge is 2.52. The zero-order chi connectivity index (χ0) is 24.1. The number of rotatable bonds is 4. The van der Waals surface area contributed by atoms with E-state index < -0.39 is 52.4 Å². The Bertz CT molecular complexity index is 1120. The molecule has 0 bridgehead atoms. The maximum Gasteiger partial charge on any atom is 0.451 e. The number of aliphatic hydroxyl groups excluding tert-OH is 1. The van der Waals surface area contributed by atoms with E-state index in [1.807, 2.05) is 44.2 Å². The number of aliphatic hydroxyl groups is 1. The Balaban J connectivity index is 1.71. The number of fused-ring (bicyclic) bond motifs is 1. The number of nitrogens with zero attached hydrogens (tertiary/aromatic N) is 2. The molecule has 0 aliphatic carbocycles. The van der Waals surface area contributed by atoms with Gasteiger partial charge in [-0.1, -0.05) is 30.3 Å². The van der Waals surface area contributed by atoms with Crippen molar-refractivity contribution in [1.82, 2.24) is 10.0 Å². The molecule has 7 nitrogen and oxygen atoms in total. The van der Waals surface area contributed by atoms with E-state index in [1.54, 1.807) is 5.01 Å². The van der Waals surface area contributed by atoms with Gasteiger partial charge in [0.2, 0.25) is 5.76 Å². The summed E-state index contributed by atoms with van der Waals surface area (Å²) >= 11 is 0. The Labute approximate surface area is 188 Å². The molecule has 2 aliphatic heterocycles. The lowest BCUT2D eigenvalue weighted by Crippen LogP contribution is -2.60. The van der Waals surface area contributed by atoms with Gasteiger partial charge in [-0.15, -0.1) is 0 Å². The van der Waals surface area contributed by atoms with Crippen molar-refractivity contribution in [1.29, 1.82) is 0 Å². The lowest BCUT2D eigenvalue weighted by Gasteiger charge is -2.46. The van der Waals surface area contributed by atoms with Crippen LogP contribution >= 0.6 is 0 Å². The van der Waals surface area contributed by atoms with E-state index in [-0.39, 0.29) is 12.3 Å². The van der Waals surface area contributed by atoms with Gasteiger partial charge in [0, 0.05) is 11.6 Å². The summed E-state index contributed by atoms with van der Waals surface area (Å²) in [5.41, 5.74) is -0.854. The summed E-state index contributed by atoms with van der Waals surface area (Å²) in [4.78, 5) is 26.5. The zero-order valence-electron chi connectivity index (χ0n) is 18.4. The van der Waals surface area contributed by atoms with Gasteiger partial charge in [-0.25, -0.2) is 5.01 Å². The van der Waals surface area contributed by atoms with Crippen molar-refractivity contribution in [3.8, 4) is 0 Å². The molecule has 4 rings (SSSR count). The summed E-state index contributed by atoms with van der Waals surface area (Å²) in [7, 11) is 0. The van der Waals surface area contributed by atoms with E-state index >= 15 is 0 Å². The highest BCUT2D eigenvalue weighted by molar-refractivity contribution is 6.23. The first-order valence-corrected chi connectivity index (χ1v) is 10.5. The van der Waals surface area contributed by atoms with Crippen LogP contribution in [-0.2, 0) is 22.3 Å². The monoisotopic (exact) mass is 463 g/mol. The van der Waals surface area contributed by atoms with Crippen LogP contribution in [0, 0.1) is 6.92 Å². The third kappa shape index (κ3) is 4.10. The van der Waals surface area contributed by atoms with Crippen LogP contribution in [0.25, 0.3) is 0 Å². The summed E-state index contributed by atoms with van der Waals surface area (Å²) in [5.74, 6) is -3.78. The van der Waals surface area contributed by atoms with E-state index in [2.05, 4.69) is 5.32 Å². The highest BCUT2D eigenvalue weighted by atomic mass is 19.4. The molecule has 2 amide bonds. The normalized spacial score (nSPS) is 20.8. The second-order valence-electron chi connectivity index (χ2n) is 8.87. The molecular formula is C23H24F3N3O4. The molecule has 1 fully saturated rings. The molecule has 0 spiro atoms. The van der Waals surface area contributed by atoms with Crippen molar-refractivity contribution in [2.24, 2.45) is 0 Å². The average molecular weight is 463 g/mol. The Hall–Kier alpha value is -3.27. The number of halogens is 3. The van der Waals surface area contributed by atoms with Gasteiger partial charge in [0.25, 0.3) is 11.8 Å². The lowest BCUT2D eigenvalue weighted by atomic mass is 10.0. The molecule has 2 aromatic rings. The first-order chi connectivity index (χ1) is 15.4. The summed E-state index contributed by atoms with van der Waals surface area (Å²) < 4.78 is 44.6. The van der Waals surface area contributed by atoms with Crippen LogP contribution in [0.2, 0.25) is 0 Å². The van der Waals surface area contributed by atoms with E-state index in [0.717, 1.165) is 11.6 Å². The van der Waals surface area contributed by atoms with E-state index in [9.17, 15) is 27.9 Å². The van der Waals surface area contributed by atoms with Gasteiger partial charge >= 0.3 is 6.18 Å². The van der Waals surface area contributed by atoms with Gasteiger partial charge in [-0.2, -0.15) is 13.2 Å². The van der Waals surface area contributed by atoms with E-state index in [1.165, 1.54) is 11.9 Å². The molecule has 3 heterocycles. The zero-order valence-corrected chi connectivity index (χ0v) is 18.4. The summed E-state index contributed by atoms with van der Waals surface area (Å²) in [5, 5.41) is 16.2. The Morgan fingerprint density at radius 3 is 2.58 bits per heavy atom. The van der Waals surface area contributed by atoms with Gasteiger partial charge < -0.3 is 14.8 Å². The second kappa shape index (κ2) is 7.95. The molecular weight excluding hydrogens is 439 g/mol. The van der Waals surface area contributed by atoms with Crippen LogP contribution in [0.4, 0.5) is 18.9 Å². The van der Waals surface area contributed by atoms with Gasteiger partial charge in [-0.05, 0) is 39.2 Å². The largest absolute Gasteiger partial charge is 0.510 e. The average Bonchev–Trinajstić information content (AvgIpc) is 3.25. The van der Waals surface area contributed by atoms with E-state index in [4.69, 9.17) is 4.42 Å². The minimum Gasteiger partial charge on any atom is -0.510 e.